The quantitative estimate of drug-likeness (QED) is 0.725. The molecule has 0 aliphatic rings. The highest BCUT2D eigenvalue weighted by molar-refractivity contribution is 5.88. The molecule has 0 bridgehead atoms. The Morgan fingerprint density at radius 2 is 1.86 bits per heavy atom. The summed E-state index contributed by atoms with van der Waals surface area (Å²) in [6, 6.07) is 8.00. The third kappa shape index (κ3) is 1.41. The molecule has 0 N–H and O–H groups in total. The van der Waals surface area contributed by atoms with Crippen molar-refractivity contribution in [1.82, 2.24) is 10.2 Å². The number of benzene rings is 1. The van der Waals surface area contributed by atoms with Gasteiger partial charge in [0, 0.05) is 10.8 Å². The monoisotopic (exact) mass is 188 g/mol. The van der Waals surface area contributed by atoms with Crippen LogP contribution in [0, 0.1) is 6.92 Å². The van der Waals surface area contributed by atoms with Crippen LogP contribution in [0.1, 0.15) is 12.6 Å². The Hall–Kier alpha value is -1.64. The van der Waals surface area contributed by atoms with Gasteiger partial charge in [-0.1, -0.05) is 18.2 Å². The Morgan fingerprint density at radius 3 is 2.57 bits per heavy atom. The van der Waals surface area contributed by atoms with Crippen LogP contribution in [-0.4, -0.2) is 16.8 Å². The summed E-state index contributed by atoms with van der Waals surface area (Å²) < 4.78 is 5.40. The summed E-state index contributed by atoms with van der Waals surface area (Å²) in [4.78, 5) is 0. The Labute approximate surface area is 82.7 Å². The fraction of sp³-hybridized carbons (Fsp3) is 0.273. The van der Waals surface area contributed by atoms with E-state index in [9.17, 15) is 0 Å². The number of aryl methyl sites for hydroxylation is 1. The highest BCUT2D eigenvalue weighted by atomic mass is 16.5. The van der Waals surface area contributed by atoms with E-state index < -0.39 is 0 Å². The number of fused-ring (bicyclic) bond motifs is 1. The lowest BCUT2D eigenvalue weighted by molar-refractivity contribution is 0.327. The summed E-state index contributed by atoms with van der Waals surface area (Å²) >= 11 is 0. The molecule has 14 heavy (non-hydrogen) atoms. The van der Waals surface area contributed by atoms with Crippen molar-refractivity contribution in [2.75, 3.05) is 6.61 Å². The third-order valence-corrected chi connectivity index (χ3v) is 2.12. The summed E-state index contributed by atoms with van der Waals surface area (Å²) in [7, 11) is 0. The van der Waals surface area contributed by atoms with E-state index in [1.165, 1.54) is 0 Å². The second-order valence-corrected chi connectivity index (χ2v) is 3.07. The standard InChI is InChI=1S/C11H12N2O/c1-3-14-11-10-7-5-4-6-9(10)8(2)12-13-11/h4-7H,3H2,1-2H3. The lowest BCUT2D eigenvalue weighted by Gasteiger charge is -2.06. The van der Waals surface area contributed by atoms with Crippen LogP contribution < -0.4 is 4.74 Å². The summed E-state index contributed by atoms with van der Waals surface area (Å²) in [6.07, 6.45) is 0. The maximum absolute atomic E-state index is 5.40. The Morgan fingerprint density at radius 1 is 1.14 bits per heavy atom. The number of nitrogens with zero attached hydrogens (tertiary/aromatic N) is 2. The molecule has 0 fully saturated rings. The predicted molar refractivity (Wildman–Crippen MR) is 55.4 cm³/mol. The number of aromatic nitrogens is 2. The van der Waals surface area contributed by atoms with Gasteiger partial charge in [-0.25, -0.2) is 0 Å². The molecule has 0 spiro atoms. The van der Waals surface area contributed by atoms with E-state index in [1.807, 2.05) is 38.1 Å². The van der Waals surface area contributed by atoms with E-state index >= 15 is 0 Å². The molecule has 0 aliphatic heterocycles. The zero-order valence-corrected chi connectivity index (χ0v) is 8.32. The molecular weight excluding hydrogens is 176 g/mol. The molecular formula is C11H12N2O. The first kappa shape index (κ1) is 8.94. The molecule has 0 radical (unpaired) electrons. The van der Waals surface area contributed by atoms with E-state index in [-0.39, 0.29) is 0 Å². The van der Waals surface area contributed by atoms with Gasteiger partial charge in [-0.2, -0.15) is 5.10 Å². The summed E-state index contributed by atoms with van der Waals surface area (Å²) in [5.74, 6) is 0.619. The van der Waals surface area contributed by atoms with Crippen LogP contribution in [0.5, 0.6) is 5.88 Å². The maximum atomic E-state index is 5.40. The summed E-state index contributed by atoms with van der Waals surface area (Å²) in [5, 5.41) is 10.2. The maximum Gasteiger partial charge on any atom is 0.241 e. The minimum Gasteiger partial charge on any atom is -0.476 e. The van der Waals surface area contributed by atoms with E-state index in [0.717, 1.165) is 16.5 Å². The van der Waals surface area contributed by atoms with Crippen molar-refractivity contribution in [3.05, 3.63) is 30.0 Å². The summed E-state index contributed by atoms with van der Waals surface area (Å²) in [6.45, 7) is 4.50. The molecule has 0 aliphatic carbocycles. The lowest BCUT2D eigenvalue weighted by Crippen LogP contribution is -1.98. The van der Waals surface area contributed by atoms with Crippen LogP contribution in [0.15, 0.2) is 24.3 Å². The zero-order chi connectivity index (χ0) is 9.97. The van der Waals surface area contributed by atoms with Crippen molar-refractivity contribution >= 4 is 10.8 Å². The highest BCUT2D eigenvalue weighted by Gasteiger charge is 2.05. The average molecular weight is 188 g/mol. The minimum absolute atomic E-state index is 0.613. The van der Waals surface area contributed by atoms with Gasteiger partial charge in [0.2, 0.25) is 5.88 Å². The first-order chi connectivity index (χ1) is 6.83. The van der Waals surface area contributed by atoms with Gasteiger partial charge in [0.1, 0.15) is 0 Å². The van der Waals surface area contributed by atoms with E-state index in [4.69, 9.17) is 4.74 Å². The molecule has 72 valence electrons. The number of hydrogen-bond donors (Lipinski definition) is 0. The molecule has 0 atom stereocenters. The first-order valence-corrected chi connectivity index (χ1v) is 4.67. The predicted octanol–water partition coefficient (Wildman–Crippen LogP) is 2.34. The molecule has 0 amide bonds. The number of rotatable bonds is 2. The molecule has 1 heterocycles. The van der Waals surface area contributed by atoms with Crippen LogP contribution in [-0.2, 0) is 0 Å². The van der Waals surface area contributed by atoms with Crippen LogP contribution in [0.2, 0.25) is 0 Å². The van der Waals surface area contributed by atoms with Crippen LogP contribution in [0.4, 0.5) is 0 Å². The van der Waals surface area contributed by atoms with E-state index in [2.05, 4.69) is 10.2 Å². The SMILES string of the molecule is CCOc1nnc(C)c2ccccc12. The van der Waals surface area contributed by atoms with Crippen molar-refractivity contribution in [2.45, 2.75) is 13.8 Å². The van der Waals surface area contributed by atoms with E-state index in [1.54, 1.807) is 0 Å². The van der Waals surface area contributed by atoms with E-state index in [0.29, 0.717) is 12.5 Å². The normalized spacial score (nSPS) is 10.4. The molecule has 0 unspecified atom stereocenters. The fourth-order valence-corrected chi connectivity index (χ4v) is 1.46. The van der Waals surface area contributed by atoms with Gasteiger partial charge in [0.15, 0.2) is 0 Å². The molecule has 0 saturated heterocycles. The Bertz CT molecular complexity index is 454. The largest absolute Gasteiger partial charge is 0.476 e. The molecule has 2 rings (SSSR count). The van der Waals surface area contributed by atoms with Gasteiger partial charge in [-0.15, -0.1) is 5.10 Å². The zero-order valence-electron chi connectivity index (χ0n) is 8.32. The van der Waals surface area contributed by atoms with Gasteiger partial charge >= 0.3 is 0 Å². The van der Waals surface area contributed by atoms with Crippen molar-refractivity contribution in [3.63, 3.8) is 0 Å². The van der Waals surface area contributed by atoms with Crippen molar-refractivity contribution in [3.8, 4) is 5.88 Å². The lowest BCUT2D eigenvalue weighted by atomic mass is 10.1. The van der Waals surface area contributed by atoms with Crippen LogP contribution >= 0.6 is 0 Å². The molecule has 3 heteroatoms. The van der Waals surface area contributed by atoms with Crippen molar-refractivity contribution < 1.29 is 4.74 Å². The second kappa shape index (κ2) is 3.62. The molecule has 2 aromatic rings. The first-order valence-electron chi connectivity index (χ1n) is 4.67. The topological polar surface area (TPSA) is 35.0 Å². The fourth-order valence-electron chi connectivity index (χ4n) is 1.46. The smallest absolute Gasteiger partial charge is 0.241 e. The van der Waals surface area contributed by atoms with Crippen molar-refractivity contribution in [2.24, 2.45) is 0 Å². The molecule has 1 aromatic carbocycles. The Kier molecular flexibility index (Phi) is 2.31. The van der Waals surface area contributed by atoms with Crippen molar-refractivity contribution in [1.29, 1.82) is 0 Å². The van der Waals surface area contributed by atoms with Gasteiger partial charge < -0.3 is 4.74 Å². The number of ether oxygens (including phenoxy) is 1. The number of hydrogen-bond acceptors (Lipinski definition) is 3. The minimum atomic E-state index is 0.613. The average Bonchev–Trinajstić information content (AvgIpc) is 2.23. The van der Waals surface area contributed by atoms with Gasteiger partial charge in [-0.05, 0) is 19.9 Å². The van der Waals surface area contributed by atoms with Crippen LogP contribution in [0.3, 0.4) is 0 Å². The summed E-state index contributed by atoms with van der Waals surface area (Å²) in [5.41, 5.74) is 0.934. The Balaban J connectivity index is 2.68. The van der Waals surface area contributed by atoms with Gasteiger partial charge in [-0.3, -0.25) is 0 Å². The molecule has 3 nitrogen and oxygen atoms in total. The third-order valence-electron chi connectivity index (χ3n) is 2.12. The highest BCUT2D eigenvalue weighted by Crippen LogP contribution is 2.23. The van der Waals surface area contributed by atoms with Gasteiger partial charge in [0.25, 0.3) is 0 Å². The second-order valence-electron chi connectivity index (χ2n) is 3.07. The molecule has 1 aromatic heterocycles. The van der Waals surface area contributed by atoms with Crippen LogP contribution in [0.25, 0.3) is 10.8 Å². The molecule has 0 saturated carbocycles. The van der Waals surface area contributed by atoms with Gasteiger partial charge in [0.05, 0.1) is 12.3 Å².